The van der Waals surface area contributed by atoms with Gasteiger partial charge in [-0.25, -0.2) is 0 Å². The van der Waals surface area contributed by atoms with Crippen LogP contribution < -0.4 is 5.32 Å². The molecule has 0 spiro atoms. The average molecular weight is 271 g/mol. The Morgan fingerprint density at radius 2 is 2.10 bits per heavy atom. The van der Waals surface area contributed by atoms with Crippen LogP contribution in [0.3, 0.4) is 0 Å². The summed E-state index contributed by atoms with van der Waals surface area (Å²) in [6.45, 7) is 7.45. The third-order valence-corrected chi connectivity index (χ3v) is 3.34. The van der Waals surface area contributed by atoms with Crippen LogP contribution in [-0.4, -0.2) is 15.8 Å². The van der Waals surface area contributed by atoms with Crippen molar-refractivity contribution in [1.29, 1.82) is 0 Å². The highest BCUT2D eigenvalue weighted by Gasteiger charge is 2.09. The van der Waals surface area contributed by atoms with Crippen molar-refractivity contribution in [3.05, 3.63) is 41.7 Å². The highest BCUT2D eigenvalue weighted by atomic mass is 15.2. The third-order valence-electron chi connectivity index (χ3n) is 3.34. The molecule has 20 heavy (non-hydrogen) atoms. The molecule has 0 fully saturated rings. The van der Waals surface area contributed by atoms with Gasteiger partial charge in [0.25, 0.3) is 0 Å². The minimum atomic E-state index is 0.507. The van der Waals surface area contributed by atoms with E-state index in [9.17, 15) is 0 Å². The predicted octanol–water partition coefficient (Wildman–Crippen LogP) is 3.54. The molecule has 0 aliphatic rings. The Kier molecular flexibility index (Phi) is 4.96. The van der Waals surface area contributed by atoms with Crippen LogP contribution in [0.15, 0.2) is 30.5 Å². The molecule has 0 unspecified atom stereocenters. The molecule has 1 aromatic carbocycles. The molecule has 0 bridgehead atoms. The lowest BCUT2D eigenvalue weighted by atomic mass is 10.0. The number of rotatable bonds is 6. The van der Waals surface area contributed by atoms with Crippen molar-refractivity contribution in [3.8, 4) is 11.1 Å². The Morgan fingerprint density at radius 1 is 1.30 bits per heavy atom. The predicted molar refractivity (Wildman–Crippen MR) is 84.6 cm³/mol. The van der Waals surface area contributed by atoms with Crippen molar-refractivity contribution in [3.63, 3.8) is 0 Å². The highest BCUT2D eigenvalue weighted by Crippen LogP contribution is 2.24. The monoisotopic (exact) mass is 271 g/mol. The van der Waals surface area contributed by atoms with Crippen molar-refractivity contribution in [1.82, 2.24) is 15.1 Å². The molecule has 0 atom stereocenters. The van der Waals surface area contributed by atoms with Gasteiger partial charge in [-0.05, 0) is 23.6 Å². The minimum Gasteiger partial charge on any atom is -0.310 e. The smallest absolute Gasteiger partial charge is 0.0702 e. The number of aryl methyl sites for hydroxylation is 2. The molecule has 108 valence electrons. The molecule has 2 aromatic rings. The molecule has 0 aliphatic heterocycles. The summed E-state index contributed by atoms with van der Waals surface area (Å²) in [7, 11) is 1.99. The van der Waals surface area contributed by atoms with Gasteiger partial charge in [-0.2, -0.15) is 5.10 Å². The van der Waals surface area contributed by atoms with E-state index in [0.717, 1.165) is 19.4 Å². The largest absolute Gasteiger partial charge is 0.310 e. The molecule has 0 radical (unpaired) electrons. The topological polar surface area (TPSA) is 29.9 Å². The molecule has 2 rings (SSSR count). The molecule has 0 saturated heterocycles. The van der Waals surface area contributed by atoms with E-state index in [1.165, 1.54) is 22.4 Å². The number of benzene rings is 1. The maximum atomic E-state index is 4.58. The van der Waals surface area contributed by atoms with Gasteiger partial charge in [-0.3, -0.25) is 4.68 Å². The fourth-order valence-corrected chi connectivity index (χ4v) is 2.37. The fourth-order valence-electron chi connectivity index (χ4n) is 2.37. The van der Waals surface area contributed by atoms with Gasteiger partial charge >= 0.3 is 0 Å². The van der Waals surface area contributed by atoms with Crippen molar-refractivity contribution >= 4 is 0 Å². The van der Waals surface area contributed by atoms with Crippen molar-refractivity contribution < 1.29 is 0 Å². The molecule has 1 aromatic heterocycles. The van der Waals surface area contributed by atoms with Crippen LogP contribution in [0, 0.1) is 0 Å². The van der Waals surface area contributed by atoms with E-state index in [0.29, 0.717) is 6.04 Å². The van der Waals surface area contributed by atoms with E-state index in [2.05, 4.69) is 61.6 Å². The second-order valence-corrected chi connectivity index (χ2v) is 5.65. The molecule has 0 saturated carbocycles. The highest BCUT2D eigenvalue weighted by molar-refractivity contribution is 5.66. The first-order valence-corrected chi connectivity index (χ1v) is 7.45. The Balaban J connectivity index is 2.26. The van der Waals surface area contributed by atoms with E-state index in [4.69, 9.17) is 0 Å². The van der Waals surface area contributed by atoms with Crippen LogP contribution in [0.25, 0.3) is 11.1 Å². The number of hydrogen-bond donors (Lipinski definition) is 1. The lowest BCUT2D eigenvalue weighted by Gasteiger charge is -2.09. The summed E-state index contributed by atoms with van der Waals surface area (Å²) in [5.41, 5.74) is 5.05. The Bertz CT molecular complexity index is 555. The van der Waals surface area contributed by atoms with Gasteiger partial charge in [-0.15, -0.1) is 0 Å². The fraction of sp³-hybridized carbons (Fsp3) is 0.471. The molecule has 1 N–H and O–H groups in total. The van der Waals surface area contributed by atoms with Crippen molar-refractivity contribution in [2.75, 3.05) is 0 Å². The van der Waals surface area contributed by atoms with Crippen LogP contribution in [0.5, 0.6) is 0 Å². The van der Waals surface area contributed by atoms with E-state index >= 15 is 0 Å². The molecule has 1 heterocycles. The maximum absolute atomic E-state index is 4.58. The zero-order chi connectivity index (χ0) is 14.5. The normalized spacial score (nSPS) is 11.2. The second kappa shape index (κ2) is 6.71. The zero-order valence-corrected chi connectivity index (χ0v) is 13.0. The van der Waals surface area contributed by atoms with Gasteiger partial charge in [-0.1, -0.05) is 45.4 Å². The van der Waals surface area contributed by atoms with Gasteiger partial charge < -0.3 is 5.32 Å². The Labute approximate surface area is 122 Å². The maximum Gasteiger partial charge on any atom is 0.0702 e. The van der Waals surface area contributed by atoms with E-state index in [-0.39, 0.29) is 0 Å². The molecule has 3 nitrogen and oxygen atoms in total. The summed E-state index contributed by atoms with van der Waals surface area (Å²) in [6, 6.07) is 9.26. The van der Waals surface area contributed by atoms with E-state index in [1.54, 1.807) is 0 Å². The summed E-state index contributed by atoms with van der Waals surface area (Å²) in [6.07, 6.45) is 4.28. The molecular formula is C17H25N3. The summed E-state index contributed by atoms with van der Waals surface area (Å²) < 4.78 is 1.92. The summed E-state index contributed by atoms with van der Waals surface area (Å²) in [4.78, 5) is 0. The van der Waals surface area contributed by atoms with Crippen LogP contribution in [0.2, 0.25) is 0 Å². The average Bonchev–Trinajstić information content (AvgIpc) is 2.78. The second-order valence-electron chi connectivity index (χ2n) is 5.65. The minimum absolute atomic E-state index is 0.507. The van der Waals surface area contributed by atoms with Gasteiger partial charge in [0.15, 0.2) is 0 Å². The standard InChI is InChI=1S/C17H25N3/c1-5-7-17-16(12-20(4)19-17)15-9-6-8-14(10-15)11-18-13(2)3/h6,8-10,12-13,18H,5,7,11H2,1-4H3. The van der Waals surface area contributed by atoms with Crippen molar-refractivity contribution in [2.45, 2.75) is 46.2 Å². The first kappa shape index (κ1) is 14.8. The summed E-state index contributed by atoms with van der Waals surface area (Å²) in [5.74, 6) is 0. The van der Waals surface area contributed by atoms with Gasteiger partial charge in [0, 0.05) is 31.4 Å². The van der Waals surface area contributed by atoms with Crippen LogP contribution >= 0.6 is 0 Å². The number of nitrogens with zero attached hydrogens (tertiary/aromatic N) is 2. The van der Waals surface area contributed by atoms with Gasteiger partial charge in [0.2, 0.25) is 0 Å². The lowest BCUT2D eigenvalue weighted by molar-refractivity contribution is 0.589. The van der Waals surface area contributed by atoms with Crippen LogP contribution in [-0.2, 0) is 20.0 Å². The molecule has 0 amide bonds. The van der Waals surface area contributed by atoms with Crippen LogP contribution in [0.4, 0.5) is 0 Å². The lowest BCUT2D eigenvalue weighted by Crippen LogP contribution is -2.21. The summed E-state index contributed by atoms with van der Waals surface area (Å²) in [5, 5.41) is 8.05. The number of aromatic nitrogens is 2. The first-order valence-electron chi connectivity index (χ1n) is 7.45. The van der Waals surface area contributed by atoms with Gasteiger partial charge in [0.1, 0.15) is 0 Å². The number of nitrogens with one attached hydrogen (secondary N) is 1. The number of hydrogen-bond acceptors (Lipinski definition) is 2. The Morgan fingerprint density at radius 3 is 2.80 bits per heavy atom. The molecule has 0 aliphatic carbocycles. The van der Waals surface area contributed by atoms with E-state index in [1.807, 2.05) is 11.7 Å². The first-order chi connectivity index (χ1) is 9.60. The Hall–Kier alpha value is -1.61. The quantitative estimate of drug-likeness (QED) is 0.871. The van der Waals surface area contributed by atoms with Gasteiger partial charge in [0.05, 0.1) is 5.69 Å². The van der Waals surface area contributed by atoms with Crippen LogP contribution in [0.1, 0.15) is 38.4 Å². The molecular weight excluding hydrogens is 246 g/mol. The SMILES string of the molecule is CCCc1nn(C)cc1-c1cccc(CNC(C)C)c1. The zero-order valence-electron chi connectivity index (χ0n) is 13.0. The van der Waals surface area contributed by atoms with E-state index < -0.39 is 0 Å². The summed E-state index contributed by atoms with van der Waals surface area (Å²) >= 11 is 0. The third kappa shape index (κ3) is 3.70. The van der Waals surface area contributed by atoms with Crippen molar-refractivity contribution in [2.24, 2.45) is 7.05 Å². The molecule has 3 heteroatoms.